The van der Waals surface area contributed by atoms with E-state index in [0.29, 0.717) is 29.1 Å². The van der Waals surface area contributed by atoms with Gasteiger partial charge in [-0.05, 0) is 43.4 Å². The summed E-state index contributed by atoms with van der Waals surface area (Å²) < 4.78 is 14.1. The van der Waals surface area contributed by atoms with Gasteiger partial charge in [0.25, 0.3) is 0 Å². The molecule has 1 aliphatic rings. The highest BCUT2D eigenvalue weighted by Crippen LogP contribution is 2.32. The summed E-state index contributed by atoms with van der Waals surface area (Å²) in [6, 6.07) is 7.05. The van der Waals surface area contributed by atoms with E-state index in [1.807, 2.05) is 6.07 Å². The van der Waals surface area contributed by atoms with E-state index in [-0.39, 0.29) is 5.82 Å². The van der Waals surface area contributed by atoms with E-state index in [1.165, 1.54) is 12.5 Å². The molecule has 3 unspecified atom stereocenters. The van der Waals surface area contributed by atoms with Gasteiger partial charge in [0.1, 0.15) is 5.82 Å². The van der Waals surface area contributed by atoms with Crippen molar-refractivity contribution in [2.24, 2.45) is 11.8 Å². The Balaban J connectivity index is 2.33. The van der Waals surface area contributed by atoms with Gasteiger partial charge in [0.2, 0.25) is 0 Å². The smallest absolute Gasteiger partial charge is 0.147 e. The van der Waals surface area contributed by atoms with Gasteiger partial charge in [-0.15, -0.1) is 0 Å². The average Bonchev–Trinajstić information content (AvgIpc) is 2.34. The molecule has 2 nitrogen and oxygen atoms in total. The third-order valence-corrected chi connectivity index (χ3v) is 3.98. The molecule has 0 spiro atoms. The Morgan fingerprint density at radius 1 is 1.33 bits per heavy atom. The molecule has 1 saturated heterocycles. The van der Waals surface area contributed by atoms with Crippen molar-refractivity contribution in [3.63, 3.8) is 0 Å². The second-order valence-corrected chi connectivity index (χ2v) is 5.49. The first-order valence-corrected chi connectivity index (χ1v) is 6.49. The van der Waals surface area contributed by atoms with Crippen LogP contribution >= 0.6 is 0 Å². The minimum Gasteiger partial charge on any atom is -0.366 e. The zero-order chi connectivity index (χ0) is 13.3. The maximum absolute atomic E-state index is 14.1. The molecule has 0 N–H and O–H groups in total. The first-order chi connectivity index (χ1) is 8.52. The van der Waals surface area contributed by atoms with E-state index in [4.69, 9.17) is 5.26 Å². The highest BCUT2D eigenvalue weighted by molar-refractivity contribution is 5.52. The van der Waals surface area contributed by atoms with Crippen LogP contribution in [0.2, 0.25) is 0 Å². The number of nitriles is 1. The summed E-state index contributed by atoms with van der Waals surface area (Å²) in [5.74, 6) is 0.845. The van der Waals surface area contributed by atoms with Gasteiger partial charge in [0.15, 0.2) is 0 Å². The van der Waals surface area contributed by atoms with Crippen molar-refractivity contribution in [2.45, 2.75) is 33.2 Å². The van der Waals surface area contributed by atoms with Crippen LogP contribution < -0.4 is 4.90 Å². The molecule has 18 heavy (non-hydrogen) atoms. The van der Waals surface area contributed by atoms with Crippen LogP contribution in [0.25, 0.3) is 0 Å². The Hall–Kier alpha value is -1.56. The van der Waals surface area contributed by atoms with E-state index in [1.54, 1.807) is 12.1 Å². The molecule has 0 amide bonds. The first-order valence-electron chi connectivity index (χ1n) is 6.49. The molecule has 3 atom stereocenters. The van der Waals surface area contributed by atoms with Crippen molar-refractivity contribution in [3.8, 4) is 6.07 Å². The molecule has 0 radical (unpaired) electrons. The molecule has 0 saturated carbocycles. The Morgan fingerprint density at radius 2 is 2.06 bits per heavy atom. The number of piperidine rings is 1. The van der Waals surface area contributed by atoms with Gasteiger partial charge in [-0.1, -0.05) is 13.8 Å². The van der Waals surface area contributed by atoms with E-state index in [2.05, 4.69) is 25.7 Å². The number of hydrogen-bond donors (Lipinski definition) is 0. The van der Waals surface area contributed by atoms with Crippen LogP contribution in [0.4, 0.5) is 10.1 Å². The minimum absolute atomic E-state index is 0.290. The van der Waals surface area contributed by atoms with Crippen molar-refractivity contribution in [1.29, 1.82) is 5.26 Å². The summed E-state index contributed by atoms with van der Waals surface area (Å²) in [6.45, 7) is 7.45. The number of nitrogens with zero attached hydrogens (tertiary/aromatic N) is 2. The fourth-order valence-corrected chi connectivity index (χ4v) is 2.84. The second-order valence-electron chi connectivity index (χ2n) is 5.49. The Kier molecular flexibility index (Phi) is 3.56. The van der Waals surface area contributed by atoms with Crippen molar-refractivity contribution in [1.82, 2.24) is 0 Å². The average molecular weight is 246 g/mol. The van der Waals surface area contributed by atoms with Crippen LogP contribution in [-0.4, -0.2) is 12.6 Å². The van der Waals surface area contributed by atoms with Gasteiger partial charge in [-0.25, -0.2) is 4.39 Å². The lowest BCUT2D eigenvalue weighted by atomic mass is 9.85. The third kappa shape index (κ3) is 2.33. The quantitative estimate of drug-likeness (QED) is 0.757. The zero-order valence-corrected chi connectivity index (χ0v) is 11.2. The van der Waals surface area contributed by atoms with Gasteiger partial charge in [-0.3, -0.25) is 0 Å². The van der Waals surface area contributed by atoms with Gasteiger partial charge in [0.05, 0.1) is 17.3 Å². The Labute approximate surface area is 108 Å². The molecule has 1 fully saturated rings. The molecule has 1 aromatic carbocycles. The monoisotopic (exact) mass is 246 g/mol. The molecule has 1 aliphatic heterocycles. The fourth-order valence-electron chi connectivity index (χ4n) is 2.84. The van der Waals surface area contributed by atoms with Crippen LogP contribution in [0, 0.1) is 29.0 Å². The van der Waals surface area contributed by atoms with E-state index in [0.717, 1.165) is 6.54 Å². The number of anilines is 1. The maximum Gasteiger partial charge on any atom is 0.147 e. The molecule has 0 aromatic heterocycles. The van der Waals surface area contributed by atoms with E-state index < -0.39 is 0 Å². The maximum atomic E-state index is 14.1. The Morgan fingerprint density at radius 3 is 2.67 bits per heavy atom. The number of benzene rings is 1. The number of rotatable bonds is 1. The summed E-state index contributed by atoms with van der Waals surface area (Å²) >= 11 is 0. The molecular weight excluding hydrogens is 227 g/mol. The molecule has 1 aromatic rings. The predicted molar refractivity (Wildman–Crippen MR) is 70.9 cm³/mol. The molecule has 0 bridgehead atoms. The summed E-state index contributed by atoms with van der Waals surface area (Å²) in [6.07, 6.45) is 1.19. The lowest BCUT2D eigenvalue weighted by Crippen LogP contribution is -2.46. The van der Waals surface area contributed by atoms with Crippen molar-refractivity contribution >= 4 is 5.69 Å². The van der Waals surface area contributed by atoms with Crippen molar-refractivity contribution in [2.75, 3.05) is 11.4 Å². The largest absolute Gasteiger partial charge is 0.366 e. The van der Waals surface area contributed by atoms with Gasteiger partial charge < -0.3 is 4.90 Å². The van der Waals surface area contributed by atoms with Gasteiger partial charge >= 0.3 is 0 Å². The lowest BCUT2D eigenvalue weighted by molar-refractivity contribution is 0.295. The predicted octanol–water partition coefficient (Wildman–Crippen LogP) is 3.57. The standard InChI is InChI=1S/C15H19FN2/c1-10-6-11(2)12(3)18(9-10)15-5-4-13(8-17)7-14(15)16/h4-5,7,10-12H,6,9H2,1-3H3. The summed E-state index contributed by atoms with van der Waals surface area (Å²) in [7, 11) is 0. The normalized spacial score (nSPS) is 27.9. The van der Waals surface area contributed by atoms with Crippen LogP contribution in [-0.2, 0) is 0 Å². The number of hydrogen-bond acceptors (Lipinski definition) is 2. The third-order valence-electron chi connectivity index (χ3n) is 3.98. The molecule has 1 heterocycles. The molecule has 3 heteroatoms. The SMILES string of the molecule is CC1CC(C)C(C)N(c2ccc(C#N)cc2F)C1. The molecule has 0 aliphatic carbocycles. The van der Waals surface area contributed by atoms with Crippen LogP contribution in [0.15, 0.2) is 18.2 Å². The first kappa shape index (κ1) is 12.9. The van der Waals surface area contributed by atoms with E-state index >= 15 is 0 Å². The van der Waals surface area contributed by atoms with Crippen LogP contribution in [0.3, 0.4) is 0 Å². The highest BCUT2D eigenvalue weighted by atomic mass is 19.1. The van der Waals surface area contributed by atoms with Crippen LogP contribution in [0.5, 0.6) is 0 Å². The Bertz CT molecular complexity index is 478. The second kappa shape index (κ2) is 4.97. The lowest BCUT2D eigenvalue weighted by Gasteiger charge is -2.42. The summed E-state index contributed by atoms with van der Waals surface area (Å²) in [5.41, 5.74) is 1.00. The number of halogens is 1. The van der Waals surface area contributed by atoms with Crippen molar-refractivity contribution in [3.05, 3.63) is 29.6 Å². The molecular formula is C15H19FN2. The zero-order valence-electron chi connectivity index (χ0n) is 11.2. The summed E-state index contributed by atoms with van der Waals surface area (Å²) in [5, 5.41) is 8.77. The van der Waals surface area contributed by atoms with Gasteiger partial charge in [0, 0.05) is 12.6 Å². The molecule has 96 valence electrons. The van der Waals surface area contributed by atoms with Crippen molar-refractivity contribution < 1.29 is 4.39 Å². The summed E-state index contributed by atoms with van der Waals surface area (Å²) in [4.78, 5) is 2.13. The fraction of sp³-hybridized carbons (Fsp3) is 0.533. The molecule has 2 rings (SSSR count). The topological polar surface area (TPSA) is 27.0 Å². The minimum atomic E-state index is -0.290. The van der Waals surface area contributed by atoms with Gasteiger partial charge in [-0.2, -0.15) is 5.26 Å². The highest BCUT2D eigenvalue weighted by Gasteiger charge is 2.30. The van der Waals surface area contributed by atoms with E-state index in [9.17, 15) is 4.39 Å². The van der Waals surface area contributed by atoms with Crippen LogP contribution in [0.1, 0.15) is 32.8 Å².